The molecule has 2 heterocycles. The summed E-state index contributed by atoms with van der Waals surface area (Å²) in [6.07, 6.45) is 0. The zero-order valence-corrected chi connectivity index (χ0v) is 13.6. The molecular formula is C15H15ClFN5O. The average molecular weight is 336 g/mol. The van der Waals surface area contributed by atoms with Crippen molar-refractivity contribution in [3.63, 3.8) is 0 Å². The Morgan fingerprint density at radius 3 is 2.87 bits per heavy atom. The van der Waals surface area contributed by atoms with Gasteiger partial charge in [0.2, 0.25) is 0 Å². The van der Waals surface area contributed by atoms with Crippen molar-refractivity contribution in [2.45, 2.75) is 13.5 Å². The summed E-state index contributed by atoms with van der Waals surface area (Å²) < 4.78 is 14.8. The fraction of sp³-hybridized carbons (Fsp3) is 0.267. The number of hydrogen-bond donors (Lipinski definition) is 1. The summed E-state index contributed by atoms with van der Waals surface area (Å²) in [5, 5.41) is 4.48. The molecule has 0 saturated heterocycles. The number of H-pyrrole nitrogens is 1. The number of carbonyl (C=O) groups is 1. The van der Waals surface area contributed by atoms with Crippen molar-refractivity contribution in [1.82, 2.24) is 24.6 Å². The van der Waals surface area contributed by atoms with Crippen LogP contribution < -0.4 is 0 Å². The van der Waals surface area contributed by atoms with Gasteiger partial charge in [-0.2, -0.15) is 5.10 Å². The number of hydrogen-bond acceptors (Lipinski definition) is 3. The number of rotatable bonds is 3. The van der Waals surface area contributed by atoms with Gasteiger partial charge in [0.1, 0.15) is 11.6 Å². The van der Waals surface area contributed by atoms with Gasteiger partial charge in [0.25, 0.3) is 5.91 Å². The van der Waals surface area contributed by atoms with E-state index in [1.165, 1.54) is 17.0 Å². The molecular weight excluding hydrogens is 321 g/mol. The molecule has 0 aliphatic carbocycles. The number of halogens is 2. The number of fused-ring (bicyclic) bond motifs is 1. The van der Waals surface area contributed by atoms with Gasteiger partial charge < -0.3 is 9.88 Å². The Hall–Kier alpha value is -2.41. The van der Waals surface area contributed by atoms with Gasteiger partial charge in [0.05, 0.1) is 28.3 Å². The minimum atomic E-state index is -0.340. The van der Waals surface area contributed by atoms with Crippen LogP contribution in [0.5, 0.6) is 0 Å². The molecule has 0 fully saturated rings. The van der Waals surface area contributed by atoms with Gasteiger partial charge in [-0.25, -0.2) is 9.37 Å². The Balaban J connectivity index is 1.83. The second-order valence-corrected chi connectivity index (χ2v) is 5.76. The number of aryl methyl sites for hydroxylation is 1. The molecule has 0 aliphatic rings. The Morgan fingerprint density at radius 1 is 1.48 bits per heavy atom. The van der Waals surface area contributed by atoms with E-state index in [4.69, 9.17) is 11.6 Å². The summed E-state index contributed by atoms with van der Waals surface area (Å²) >= 11 is 6.14. The Labute approximate surface area is 136 Å². The molecule has 0 saturated carbocycles. The number of nitrogens with one attached hydrogen (secondary N) is 1. The predicted octanol–water partition coefficient (Wildman–Crippen LogP) is 2.67. The van der Waals surface area contributed by atoms with Crippen molar-refractivity contribution in [1.29, 1.82) is 0 Å². The zero-order valence-electron chi connectivity index (χ0n) is 12.9. The van der Waals surface area contributed by atoms with Crippen molar-refractivity contribution < 1.29 is 9.18 Å². The molecule has 6 nitrogen and oxygen atoms in total. The Bertz CT molecular complexity index is 901. The van der Waals surface area contributed by atoms with Crippen LogP contribution in [0.25, 0.3) is 11.0 Å². The molecule has 0 bridgehead atoms. The van der Waals surface area contributed by atoms with Gasteiger partial charge in [0.15, 0.2) is 5.69 Å². The van der Waals surface area contributed by atoms with Gasteiger partial charge in [-0.1, -0.05) is 11.6 Å². The van der Waals surface area contributed by atoms with E-state index < -0.39 is 0 Å². The maximum atomic E-state index is 13.2. The first-order valence-corrected chi connectivity index (χ1v) is 7.33. The number of aromatic nitrogens is 4. The van der Waals surface area contributed by atoms with E-state index in [1.807, 2.05) is 0 Å². The van der Waals surface area contributed by atoms with E-state index in [1.54, 1.807) is 31.8 Å². The highest BCUT2D eigenvalue weighted by atomic mass is 35.5. The van der Waals surface area contributed by atoms with Crippen LogP contribution in [0, 0.1) is 12.7 Å². The minimum absolute atomic E-state index is 0.205. The molecule has 3 aromatic rings. The van der Waals surface area contributed by atoms with E-state index in [0.717, 1.165) is 5.69 Å². The third kappa shape index (κ3) is 2.79. The lowest BCUT2D eigenvalue weighted by molar-refractivity contribution is 0.0775. The maximum absolute atomic E-state index is 13.2. The molecule has 0 unspecified atom stereocenters. The molecule has 1 amide bonds. The summed E-state index contributed by atoms with van der Waals surface area (Å²) in [6, 6.07) is 4.30. The average Bonchev–Trinajstić information content (AvgIpc) is 3.01. The maximum Gasteiger partial charge on any atom is 0.276 e. The van der Waals surface area contributed by atoms with Gasteiger partial charge in [-0.05, 0) is 25.1 Å². The van der Waals surface area contributed by atoms with Crippen molar-refractivity contribution >= 4 is 28.5 Å². The van der Waals surface area contributed by atoms with Crippen LogP contribution in [0.3, 0.4) is 0 Å². The van der Waals surface area contributed by atoms with Crippen molar-refractivity contribution in [2.75, 3.05) is 7.05 Å². The van der Waals surface area contributed by atoms with E-state index >= 15 is 0 Å². The van der Waals surface area contributed by atoms with Crippen molar-refractivity contribution in [3.05, 3.63) is 46.3 Å². The fourth-order valence-corrected chi connectivity index (χ4v) is 2.55. The second-order valence-electron chi connectivity index (χ2n) is 5.38. The SMILES string of the molecule is Cc1c(Cl)c(C(=O)N(C)Cc2nc3ccc(F)cc3[nH]2)nn1C. The van der Waals surface area contributed by atoms with Gasteiger partial charge in [-0.3, -0.25) is 9.48 Å². The monoisotopic (exact) mass is 335 g/mol. The third-order valence-electron chi connectivity index (χ3n) is 3.69. The molecule has 1 N–H and O–H groups in total. The van der Waals surface area contributed by atoms with E-state index in [9.17, 15) is 9.18 Å². The van der Waals surface area contributed by atoms with Crippen LogP contribution in [0.2, 0.25) is 5.02 Å². The zero-order chi connectivity index (χ0) is 16.7. The van der Waals surface area contributed by atoms with Crippen LogP contribution in [0.4, 0.5) is 4.39 Å². The van der Waals surface area contributed by atoms with Crippen LogP contribution in [-0.2, 0) is 13.6 Å². The number of carbonyl (C=O) groups excluding carboxylic acids is 1. The molecule has 0 atom stereocenters. The number of benzene rings is 1. The summed E-state index contributed by atoms with van der Waals surface area (Å²) in [4.78, 5) is 21.3. The topological polar surface area (TPSA) is 66.8 Å². The number of nitrogens with zero attached hydrogens (tertiary/aromatic N) is 4. The molecule has 3 rings (SSSR count). The van der Waals surface area contributed by atoms with Crippen molar-refractivity contribution in [2.24, 2.45) is 7.05 Å². The quantitative estimate of drug-likeness (QED) is 0.800. The molecule has 8 heteroatoms. The summed E-state index contributed by atoms with van der Waals surface area (Å²) in [7, 11) is 3.36. The first kappa shape index (κ1) is 15.5. The lowest BCUT2D eigenvalue weighted by Crippen LogP contribution is -2.27. The van der Waals surface area contributed by atoms with Crippen LogP contribution in [0.15, 0.2) is 18.2 Å². The van der Waals surface area contributed by atoms with E-state index in [0.29, 0.717) is 21.9 Å². The van der Waals surface area contributed by atoms with E-state index in [-0.39, 0.29) is 24.0 Å². The molecule has 23 heavy (non-hydrogen) atoms. The highest BCUT2D eigenvalue weighted by Crippen LogP contribution is 2.21. The van der Waals surface area contributed by atoms with Crippen LogP contribution in [-0.4, -0.2) is 37.6 Å². The normalized spacial score (nSPS) is 11.2. The first-order chi connectivity index (χ1) is 10.9. The fourth-order valence-electron chi connectivity index (χ4n) is 2.31. The summed E-state index contributed by atoms with van der Waals surface area (Å²) in [5.74, 6) is -0.0802. The molecule has 120 valence electrons. The largest absolute Gasteiger partial charge is 0.340 e. The molecule has 0 spiro atoms. The van der Waals surface area contributed by atoms with Crippen LogP contribution in [0.1, 0.15) is 22.0 Å². The van der Waals surface area contributed by atoms with Gasteiger partial charge in [-0.15, -0.1) is 0 Å². The summed E-state index contributed by atoms with van der Waals surface area (Å²) in [6.45, 7) is 2.03. The highest BCUT2D eigenvalue weighted by molar-refractivity contribution is 6.34. The predicted molar refractivity (Wildman–Crippen MR) is 84.8 cm³/mol. The lowest BCUT2D eigenvalue weighted by atomic mass is 10.3. The van der Waals surface area contributed by atoms with Crippen molar-refractivity contribution in [3.8, 4) is 0 Å². The molecule has 2 aromatic heterocycles. The Morgan fingerprint density at radius 2 is 2.22 bits per heavy atom. The van der Waals surface area contributed by atoms with E-state index in [2.05, 4.69) is 15.1 Å². The highest BCUT2D eigenvalue weighted by Gasteiger charge is 2.22. The number of amides is 1. The third-order valence-corrected chi connectivity index (χ3v) is 4.14. The molecule has 1 aromatic carbocycles. The first-order valence-electron chi connectivity index (χ1n) is 6.95. The molecule has 0 aliphatic heterocycles. The smallest absolute Gasteiger partial charge is 0.276 e. The number of imidazole rings is 1. The van der Waals surface area contributed by atoms with Gasteiger partial charge in [0, 0.05) is 14.1 Å². The molecule has 0 radical (unpaired) electrons. The lowest BCUT2D eigenvalue weighted by Gasteiger charge is -2.14. The summed E-state index contributed by atoms with van der Waals surface area (Å²) in [5.41, 5.74) is 2.17. The standard InChI is InChI=1S/C15H15ClFN5O/c1-8-13(16)14(20-22(8)3)15(23)21(2)7-12-18-10-5-4-9(17)6-11(10)19-12/h4-6H,7H2,1-3H3,(H,18,19). The van der Waals surface area contributed by atoms with Gasteiger partial charge >= 0.3 is 0 Å². The second kappa shape index (κ2) is 5.66. The Kier molecular flexibility index (Phi) is 3.81. The van der Waals surface area contributed by atoms with Crippen LogP contribution >= 0.6 is 11.6 Å². The number of aromatic amines is 1. The minimum Gasteiger partial charge on any atom is -0.340 e.